The predicted molar refractivity (Wildman–Crippen MR) is 302 cm³/mol. The number of unbranched alkanes of at least 4 members (excludes halogenated alkanes) is 2. The number of aliphatic carboxylic acids is 4. The van der Waals surface area contributed by atoms with Crippen LogP contribution in [0.5, 0.6) is 0 Å². The van der Waals surface area contributed by atoms with E-state index in [9.17, 15) is 92.3 Å². The fraction of sp³-hybridized carbons (Fsp3) is 0.712. The van der Waals surface area contributed by atoms with E-state index in [4.69, 9.17) is 33.8 Å². The molecule has 34 nitrogen and oxygen atoms in total. The van der Waals surface area contributed by atoms with E-state index in [0.717, 1.165) is 0 Å². The Morgan fingerprint density at radius 3 is 0.814 bits per heavy atom. The molecule has 0 heterocycles. The van der Waals surface area contributed by atoms with Crippen molar-refractivity contribution in [1.82, 2.24) is 47.9 Å². The Labute approximate surface area is 496 Å². The number of carboxylic acid groups (broad SMARTS) is 4. The first-order chi connectivity index (χ1) is 40.3. The summed E-state index contributed by atoms with van der Waals surface area (Å²) in [4.78, 5) is 195. The van der Waals surface area contributed by atoms with Crippen molar-refractivity contribution in [3.8, 4) is 0 Å². The monoisotopic (exact) mass is 1230 g/mol. The molecule has 34 heteroatoms. The molecular weight excluding hydrogens is 1140 g/mol. The third-order valence-corrected chi connectivity index (χ3v) is 12.8. The highest BCUT2D eigenvalue weighted by Gasteiger charge is 2.36. The van der Waals surface area contributed by atoms with Crippen molar-refractivity contribution >= 4 is 88.9 Å². The maximum Gasteiger partial charge on any atom is 0.326 e. The first-order valence-electron chi connectivity index (χ1n) is 28.2. The average Bonchev–Trinajstić information content (AvgIpc) is 3.63. The fourth-order valence-electron chi connectivity index (χ4n) is 8.18. The van der Waals surface area contributed by atoms with E-state index in [1.807, 2.05) is 0 Å². The molecule has 11 amide bonds. The zero-order valence-electron chi connectivity index (χ0n) is 49.0. The Hall–Kier alpha value is -8.11. The zero-order valence-corrected chi connectivity index (χ0v) is 49.0. The van der Waals surface area contributed by atoms with Crippen LogP contribution in [0.25, 0.3) is 0 Å². The van der Waals surface area contributed by atoms with E-state index >= 15 is 0 Å². The van der Waals surface area contributed by atoms with Gasteiger partial charge in [0, 0.05) is 32.1 Å². The molecule has 0 aliphatic rings. The van der Waals surface area contributed by atoms with Crippen LogP contribution in [0.4, 0.5) is 0 Å². The molecule has 0 rings (SSSR count). The predicted octanol–water partition coefficient (Wildman–Crippen LogP) is -5.77. The van der Waals surface area contributed by atoms with Crippen LogP contribution >= 0.6 is 0 Å². The molecule has 0 aliphatic heterocycles. The van der Waals surface area contributed by atoms with Gasteiger partial charge in [-0.2, -0.15) is 0 Å². The van der Waals surface area contributed by atoms with Crippen LogP contribution in [0.3, 0.4) is 0 Å². The molecule has 24 N–H and O–H groups in total. The van der Waals surface area contributed by atoms with Crippen LogP contribution in [0.2, 0.25) is 0 Å². The third kappa shape index (κ3) is 33.4. The summed E-state index contributed by atoms with van der Waals surface area (Å²) in [7, 11) is 0. The molecule has 0 aromatic carbocycles. The van der Waals surface area contributed by atoms with E-state index in [1.54, 1.807) is 27.7 Å². The number of rotatable bonds is 47. The summed E-state index contributed by atoms with van der Waals surface area (Å²) in [6.45, 7) is 6.15. The van der Waals surface area contributed by atoms with Gasteiger partial charge < -0.3 is 102 Å². The molecule has 488 valence electrons. The van der Waals surface area contributed by atoms with E-state index in [2.05, 4.69) is 47.9 Å². The number of primary amides is 2. The van der Waals surface area contributed by atoms with Crippen LogP contribution in [0.1, 0.15) is 143 Å². The number of nitrogens with two attached hydrogens (primary N) is 5. The van der Waals surface area contributed by atoms with Gasteiger partial charge in [-0.05, 0) is 108 Å². The Balaban J connectivity index is 7.09. The summed E-state index contributed by atoms with van der Waals surface area (Å²) in [6, 6.07) is -16.0. The maximum absolute atomic E-state index is 14.3. The van der Waals surface area contributed by atoms with Gasteiger partial charge in [0.05, 0.1) is 6.61 Å². The summed E-state index contributed by atoms with van der Waals surface area (Å²) in [5.74, 6) is -17.8. The number of amides is 11. The van der Waals surface area contributed by atoms with Gasteiger partial charge in [-0.3, -0.25) is 67.1 Å². The lowest BCUT2D eigenvalue weighted by molar-refractivity contribution is -0.144. The second-order valence-corrected chi connectivity index (χ2v) is 21.3. The van der Waals surface area contributed by atoms with Gasteiger partial charge in [-0.25, -0.2) is 4.79 Å². The topological polar surface area (TPSA) is 596 Å². The van der Waals surface area contributed by atoms with Gasteiger partial charge in [0.1, 0.15) is 60.4 Å². The molecule has 0 unspecified atom stereocenters. The molecule has 0 saturated heterocycles. The van der Waals surface area contributed by atoms with Crippen LogP contribution < -0.4 is 76.5 Å². The number of hydrogen-bond acceptors (Lipinski definition) is 19. The van der Waals surface area contributed by atoms with E-state index in [1.165, 1.54) is 0 Å². The van der Waals surface area contributed by atoms with Crippen LogP contribution in [-0.2, 0) is 71.9 Å². The van der Waals surface area contributed by atoms with Gasteiger partial charge in [-0.15, -0.1) is 0 Å². The average molecular weight is 1230 g/mol. The number of aliphatic hydroxyl groups is 1. The number of hydrogen-bond donors (Lipinski definition) is 19. The molecular formula is C52H90N14O20. The Morgan fingerprint density at radius 2 is 0.570 bits per heavy atom. The van der Waals surface area contributed by atoms with Crippen LogP contribution in [0, 0.1) is 11.8 Å². The van der Waals surface area contributed by atoms with E-state index < -0.39 is 220 Å². The molecule has 0 aromatic rings. The Kier molecular flexibility index (Phi) is 37.9. The number of aliphatic hydroxyl groups excluding tert-OH is 1. The summed E-state index contributed by atoms with van der Waals surface area (Å²) < 4.78 is 0. The van der Waals surface area contributed by atoms with Crippen molar-refractivity contribution < 1.29 is 97.5 Å². The minimum absolute atomic E-state index is 0.0498. The van der Waals surface area contributed by atoms with Crippen LogP contribution in [0.15, 0.2) is 0 Å². The Bertz CT molecular complexity index is 2330. The standard InChI is InChI=1S/C52H90N14O20/c1-26(2)23-36(65-48(81)31(11-16-38(56)68)58-43(76)28(55)25-67)50(83)60-30(10-6-8-22-54)45(78)62-34(14-19-41(72)73)49(82)66-37(24-27(3)4)51(84)63-33(13-18-40(70)71)46(79)59-29(9-5-7-21-53)44(77)61-32(12-17-39(57)69)47(80)64-35(52(85)86)15-20-42(74)75/h26-37,67H,5-25,53-55H2,1-4H3,(H2,56,68)(H2,57,69)(H,58,76)(H,59,79)(H,60,83)(H,61,77)(H,62,78)(H,63,84)(H,64,80)(H,65,81)(H,66,82)(H,70,71)(H,72,73)(H,74,75)(H,85,86)/t28-,29-,30-,31-,32-,33-,34-,35-,36-,37-/m0/s1. The normalized spacial score (nSPS) is 14.6. The number of carbonyl (C=O) groups is 15. The van der Waals surface area contributed by atoms with E-state index in [0.29, 0.717) is 6.42 Å². The molecule has 0 aromatic heterocycles. The van der Waals surface area contributed by atoms with Crippen molar-refractivity contribution in [3.63, 3.8) is 0 Å². The van der Waals surface area contributed by atoms with Crippen molar-refractivity contribution in [3.05, 3.63) is 0 Å². The van der Waals surface area contributed by atoms with Gasteiger partial charge in [-0.1, -0.05) is 27.7 Å². The molecule has 0 spiro atoms. The van der Waals surface area contributed by atoms with Crippen molar-refractivity contribution in [1.29, 1.82) is 0 Å². The smallest absolute Gasteiger partial charge is 0.326 e. The third-order valence-electron chi connectivity index (χ3n) is 12.8. The van der Waals surface area contributed by atoms with Crippen LogP contribution in [-0.4, -0.2) is 195 Å². The number of carbonyl (C=O) groups excluding carboxylic acids is 11. The number of nitrogens with one attached hydrogen (secondary N) is 9. The summed E-state index contributed by atoms with van der Waals surface area (Å²) >= 11 is 0. The van der Waals surface area contributed by atoms with Crippen molar-refractivity contribution in [2.24, 2.45) is 40.5 Å². The van der Waals surface area contributed by atoms with Gasteiger partial charge in [0.25, 0.3) is 0 Å². The fourth-order valence-corrected chi connectivity index (χ4v) is 8.18. The molecule has 0 bridgehead atoms. The molecule has 0 fully saturated rings. The first-order valence-corrected chi connectivity index (χ1v) is 28.2. The van der Waals surface area contributed by atoms with Crippen molar-refractivity contribution in [2.45, 2.75) is 204 Å². The summed E-state index contributed by atoms with van der Waals surface area (Å²) in [6.07, 6.45) is -5.25. The minimum Gasteiger partial charge on any atom is -0.481 e. The first kappa shape index (κ1) is 77.9. The lowest BCUT2D eigenvalue weighted by Crippen LogP contribution is -2.60. The Morgan fingerprint density at radius 1 is 0.337 bits per heavy atom. The quantitative estimate of drug-likeness (QED) is 0.0252. The lowest BCUT2D eigenvalue weighted by atomic mass is 10.00. The van der Waals surface area contributed by atoms with Gasteiger partial charge >= 0.3 is 23.9 Å². The highest BCUT2D eigenvalue weighted by atomic mass is 16.4. The minimum atomic E-state index is -1.77. The SMILES string of the molecule is CC(C)C[C@H](NC(=O)[C@H](CCC(=O)O)NC(=O)[C@H](CCCCN)NC(=O)[C@H](CC(C)C)NC(=O)[C@H](CCC(N)=O)NC(=O)[C@@H](N)CO)C(=O)N[C@@H](CCC(=O)O)C(=O)N[C@@H](CCCCN)C(=O)N[C@@H](CCC(N)=O)C(=O)N[C@@H](CCC(=O)O)C(=O)O. The highest BCUT2D eigenvalue weighted by molar-refractivity contribution is 5.99. The lowest BCUT2D eigenvalue weighted by Gasteiger charge is -2.29. The molecule has 86 heavy (non-hydrogen) atoms. The number of carboxylic acids is 4. The summed E-state index contributed by atoms with van der Waals surface area (Å²) in [5.41, 5.74) is 27.5. The van der Waals surface area contributed by atoms with Crippen molar-refractivity contribution in [2.75, 3.05) is 19.7 Å². The second-order valence-electron chi connectivity index (χ2n) is 21.3. The molecule has 0 radical (unpaired) electrons. The largest absolute Gasteiger partial charge is 0.481 e. The molecule has 10 atom stereocenters. The maximum atomic E-state index is 14.3. The molecule has 0 aliphatic carbocycles. The zero-order chi connectivity index (χ0) is 65.8. The molecule has 0 saturated carbocycles. The van der Waals surface area contributed by atoms with Gasteiger partial charge in [0.2, 0.25) is 65.0 Å². The second kappa shape index (κ2) is 41.8. The highest BCUT2D eigenvalue weighted by Crippen LogP contribution is 2.14. The van der Waals surface area contributed by atoms with E-state index in [-0.39, 0.29) is 70.4 Å². The van der Waals surface area contributed by atoms with Gasteiger partial charge in [0.15, 0.2) is 0 Å². The summed E-state index contributed by atoms with van der Waals surface area (Å²) in [5, 5.41) is 68.8.